The molecule has 60 valence electrons. The fraction of sp³-hybridized carbons (Fsp3) is 0.286. The van der Waals surface area contributed by atoms with Gasteiger partial charge in [-0.15, -0.1) is 0 Å². The maximum atomic E-state index is 12.5. The molecule has 1 rings (SSSR count). The highest BCUT2D eigenvalue weighted by atomic mass is 19.1. The van der Waals surface area contributed by atoms with Crippen molar-refractivity contribution in [2.45, 2.75) is 6.42 Å². The van der Waals surface area contributed by atoms with Gasteiger partial charge < -0.3 is 10.8 Å². The third-order valence-corrected chi connectivity index (χ3v) is 1.56. The number of carbonyl (C=O) groups is 1. The number of halogens is 1. The molecule has 0 bridgehead atoms. The van der Waals surface area contributed by atoms with Gasteiger partial charge in [-0.2, -0.15) is 0 Å². The molecular weight excluding hydrogens is 149 g/mol. The summed E-state index contributed by atoms with van der Waals surface area (Å²) >= 11 is 0. The SMILES string of the molecule is NC1=CC=C(F)CC1C(=O)O. The van der Waals surface area contributed by atoms with E-state index in [0.717, 1.165) is 0 Å². The summed E-state index contributed by atoms with van der Waals surface area (Å²) in [7, 11) is 0. The number of aliphatic carboxylic acids is 1. The van der Waals surface area contributed by atoms with Crippen LogP contribution in [0.15, 0.2) is 23.7 Å². The van der Waals surface area contributed by atoms with Gasteiger partial charge in [0.05, 0.1) is 0 Å². The zero-order valence-electron chi connectivity index (χ0n) is 5.75. The number of hydrogen-bond acceptors (Lipinski definition) is 2. The van der Waals surface area contributed by atoms with E-state index in [2.05, 4.69) is 0 Å². The first-order chi connectivity index (χ1) is 5.11. The largest absolute Gasteiger partial charge is 0.481 e. The Morgan fingerprint density at radius 1 is 1.73 bits per heavy atom. The zero-order chi connectivity index (χ0) is 8.43. The van der Waals surface area contributed by atoms with Gasteiger partial charge in [0, 0.05) is 12.1 Å². The second-order valence-electron chi connectivity index (χ2n) is 2.38. The summed E-state index contributed by atoms with van der Waals surface area (Å²) < 4.78 is 12.5. The Balaban J connectivity index is 2.81. The Kier molecular flexibility index (Phi) is 1.94. The lowest BCUT2D eigenvalue weighted by Crippen LogP contribution is -2.22. The molecule has 0 saturated carbocycles. The fourth-order valence-electron chi connectivity index (χ4n) is 0.914. The van der Waals surface area contributed by atoms with Crippen LogP contribution in [0.2, 0.25) is 0 Å². The van der Waals surface area contributed by atoms with Gasteiger partial charge in [-0.3, -0.25) is 4.79 Å². The highest BCUT2D eigenvalue weighted by Gasteiger charge is 2.23. The van der Waals surface area contributed by atoms with Gasteiger partial charge in [0.2, 0.25) is 0 Å². The maximum Gasteiger partial charge on any atom is 0.312 e. The minimum atomic E-state index is -1.08. The summed E-state index contributed by atoms with van der Waals surface area (Å²) in [4.78, 5) is 10.4. The van der Waals surface area contributed by atoms with Gasteiger partial charge in [-0.25, -0.2) is 4.39 Å². The van der Waals surface area contributed by atoms with Crippen molar-refractivity contribution < 1.29 is 14.3 Å². The van der Waals surface area contributed by atoms with Gasteiger partial charge in [0.25, 0.3) is 0 Å². The van der Waals surface area contributed by atoms with E-state index in [1.807, 2.05) is 0 Å². The maximum absolute atomic E-state index is 12.5. The van der Waals surface area contributed by atoms with E-state index >= 15 is 0 Å². The molecule has 0 aromatic rings. The van der Waals surface area contributed by atoms with Crippen LogP contribution in [-0.2, 0) is 4.79 Å². The van der Waals surface area contributed by atoms with E-state index in [4.69, 9.17) is 10.8 Å². The summed E-state index contributed by atoms with van der Waals surface area (Å²) in [5.74, 6) is -2.41. The van der Waals surface area contributed by atoms with E-state index in [0.29, 0.717) is 0 Å². The molecule has 3 nitrogen and oxygen atoms in total. The van der Waals surface area contributed by atoms with Gasteiger partial charge in [0.1, 0.15) is 11.7 Å². The predicted octanol–water partition coefficient (Wildman–Crippen LogP) is 0.787. The Morgan fingerprint density at radius 3 is 2.82 bits per heavy atom. The molecule has 11 heavy (non-hydrogen) atoms. The van der Waals surface area contributed by atoms with Crippen molar-refractivity contribution in [3.8, 4) is 0 Å². The molecule has 3 N–H and O–H groups in total. The molecule has 0 amide bonds. The average molecular weight is 157 g/mol. The Morgan fingerprint density at radius 2 is 2.36 bits per heavy atom. The number of hydrogen-bond donors (Lipinski definition) is 2. The van der Waals surface area contributed by atoms with Crippen LogP contribution in [0.1, 0.15) is 6.42 Å². The van der Waals surface area contributed by atoms with Crippen LogP contribution in [0.5, 0.6) is 0 Å². The third kappa shape index (κ3) is 1.58. The number of nitrogens with two attached hydrogens (primary N) is 1. The first kappa shape index (κ1) is 7.78. The lowest BCUT2D eigenvalue weighted by Gasteiger charge is -2.14. The van der Waals surface area contributed by atoms with Crippen LogP contribution in [0, 0.1) is 5.92 Å². The third-order valence-electron chi connectivity index (χ3n) is 1.56. The summed E-state index contributed by atoms with van der Waals surface area (Å²) in [6.45, 7) is 0. The highest BCUT2D eigenvalue weighted by molar-refractivity contribution is 5.74. The molecule has 4 heteroatoms. The van der Waals surface area contributed by atoms with Crippen LogP contribution in [0.3, 0.4) is 0 Å². The molecule has 1 atom stereocenters. The topological polar surface area (TPSA) is 63.3 Å². The molecule has 0 aromatic carbocycles. The first-order valence-corrected chi connectivity index (χ1v) is 3.16. The summed E-state index contributed by atoms with van der Waals surface area (Å²) in [6, 6.07) is 0. The molecule has 0 fully saturated rings. The second kappa shape index (κ2) is 2.74. The standard InChI is InChI=1S/C7H8FNO2/c8-4-1-2-6(9)5(3-4)7(10)11/h1-2,5H,3,9H2,(H,10,11). The van der Waals surface area contributed by atoms with Crippen molar-refractivity contribution in [1.29, 1.82) is 0 Å². The highest BCUT2D eigenvalue weighted by Crippen LogP contribution is 2.22. The molecule has 0 radical (unpaired) electrons. The second-order valence-corrected chi connectivity index (χ2v) is 2.38. The first-order valence-electron chi connectivity index (χ1n) is 3.16. The Hall–Kier alpha value is -1.32. The monoisotopic (exact) mass is 157 g/mol. The van der Waals surface area contributed by atoms with E-state index in [1.54, 1.807) is 0 Å². The van der Waals surface area contributed by atoms with Crippen molar-refractivity contribution in [3.63, 3.8) is 0 Å². The number of carboxylic acids is 1. The van der Waals surface area contributed by atoms with Gasteiger partial charge >= 0.3 is 5.97 Å². The summed E-state index contributed by atoms with van der Waals surface area (Å²) in [5.41, 5.74) is 5.52. The minimum absolute atomic E-state index is 0.127. The quantitative estimate of drug-likeness (QED) is 0.591. The Labute approximate surface area is 63.0 Å². The van der Waals surface area contributed by atoms with Gasteiger partial charge in [-0.1, -0.05) is 0 Å². The summed E-state index contributed by atoms with van der Waals surface area (Å²) in [6.07, 6.45) is 2.35. The van der Waals surface area contributed by atoms with Crippen molar-refractivity contribution in [2.75, 3.05) is 0 Å². The number of allylic oxidation sites excluding steroid dienone is 3. The van der Waals surface area contributed by atoms with Crippen LogP contribution in [0.25, 0.3) is 0 Å². The van der Waals surface area contributed by atoms with E-state index in [9.17, 15) is 9.18 Å². The fourth-order valence-corrected chi connectivity index (χ4v) is 0.914. The number of carboxylic acid groups (broad SMARTS) is 1. The predicted molar refractivity (Wildman–Crippen MR) is 37.2 cm³/mol. The normalized spacial score (nSPS) is 23.9. The molecule has 0 spiro atoms. The minimum Gasteiger partial charge on any atom is -0.481 e. The molecule has 1 aliphatic rings. The summed E-state index contributed by atoms with van der Waals surface area (Å²) in [5, 5.41) is 8.51. The van der Waals surface area contributed by atoms with Crippen molar-refractivity contribution in [1.82, 2.24) is 0 Å². The van der Waals surface area contributed by atoms with E-state index < -0.39 is 17.7 Å². The molecular formula is C7H8FNO2. The lowest BCUT2D eigenvalue weighted by atomic mass is 9.97. The van der Waals surface area contributed by atoms with E-state index in [1.165, 1.54) is 12.2 Å². The smallest absolute Gasteiger partial charge is 0.312 e. The van der Waals surface area contributed by atoms with Crippen molar-refractivity contribution >= 4 is 5.97 Å². The molecule has 0 aliphatic heterocycles. The van der Waals surface area contributed by atoms with E-state index in [-0.39, 0.29) is 12.1 Å². The van der Waals surface area contributed by atoms with Crippen LogP contribution < -0.4 is 5.73 Å². The molecule has 0 aromatic heterocycles. The Bertz CT molecular complexity index is 245. The van der Waals surface area contributed by atoms with Crippen molar-refractivity contribution in [2.24, 2.45) is 11.7 Å². The van der Waals surface area contributed by atoms with Crippen LogP contribution >= 0.6 is 0 Å². The zero-order valence-corrected chi connectivity index (χ0v) is 5.75. The molecule has 1 unspecified atom stereocenters. The van der Waals surface area contributed by atoms with Crippen LogP contribution in [-0.4, -0.2) is 11.1 Å². The lowest BCUT2D eigenvalue weighted by molar-refractivity contribution is -0.140. The van der Waals surface area contributed by atoms with Crippen LogP contribution in [0.4, 0.5) is 4.39 Å². The van der Waals surface area contributed by atoms with Crippen molar-refractivity contribution in [3.05, 3.63) is 23.7 Å². The van der Waals surface area contributed by atoms with Gasteiger partial charge in [0.15, 0.2) is 0 Å². The van der Waals surface area contributed by atoms with Gasteiger partial charge in [-0.05, 0) is 12.2 Å². The molecule has 1 aliphatic carbocycles. The average Bonchev–Trinajstić information content (AvgIpc) is 1.94. The molecule has 0 heterocycles. The molecule has 0 saturated heterocycles. The number of rotatable bonds is 1.